The maximum Gasteiger partial charge on any atom is 0.189 e. The number of nitrogens with zero attached hydrogens (tertiary/aromatic N) is 1. The lowest BCUT2D eigenvalue weighted by Crippen LogP contribution is -1.84. The minimum Gasteiger partial charge on any atom is -0.445 e. The topological polar surface area (TPSA) is 26.0 Å². The molecule has 3 heterocycles. The maximum atomic E-state index is 5.97. The van der Waals surface area contributed by atoms with Gasteiger partial charge in [-0.25, -0.2) is 0 Å². The van der Waals surface area contributed by atoms with E-state index < -0.39 is 0 Å². The zero-order valence-corrected chi connectivity index (χ0v) is 13.6. The van der Waals surface area contributed by atoms with Crippen molar-refractivity contribution in [3.63, 3.8) is 0 Å². The third-order valence-corrected chi connectivity index (χ3v) is 5.11. The van der Waals surface area contributed by atoms with Crippen LogP contribution >= 0.6 is 11.3 Å². The third-order valence-electron chi connectivity index (χ3n) is 4.26. The molecule has 2 nitrogen and oxygen atoms in total. The van der Waals surface area contributed by atoms with Crippen LogP contribution in [0, 0.1) is 0 Å². The Morgan fingerprint density at radius 1 is 0.833 bits per heavy atom. The summed E-state index contributed by atoms with van der Waals surface area (Å²) in [5.74, 6) is 0. The smallest absolute Gasteiger partial charge is 0.189 e. The summed E-state index contributed by atoms with van der Waals surface area (Å²) >= 11 is 1.65. The largest absolute Gasteiger partial charge is 0.445 e. The van der Waals surface area contributed by atoms with Crippen molar-refractivity contribution in [3.05, 3.63) is 78.3 Å². The summed E-state index contributed by atoms with van der Waals surface area (Å²) in [7, 11) is 0. The van der Waals surface area contributed by atoms with Gasteiger partial charge in [0.05, 0.1) is 5.69 Å². The lowest BCUT2D eigenvalue weighted by molar-refractivity contribution is 0.678. The monoisotopic (exact) mass is 327 g/mol. The molecule has 2 aromatic carbocycles. The number of thiophene rings is 1. The minimum absolute atomic E-state index is 0.943. The molecule has 0 unspecified atom stereocenters. The van der Waals surface area contributed by atoms with Crippen molar-refractivity contribution in [1.82, 2.24) is 4.98 Å². The van der Waals surface area contributed by atoms with Crippen LogP contribution in [-0.2, 0) is 0 Å². The molecule has 5 rings (SSSR count). The van der Waals surface area contributed by atoms with E-state index >= 15 is 0 Å². The van der Waals surface area contributed by atoms with Crippen LogP contribution in [-0.4, -0.2) is 4.98 Å². The second-order valence-electron chi connectivity index (χ2n) is 5.71. The van der Waals surface area contributed by atoms with Gasteiger partial charge in [-0.3, -0.25) is 4.98 Å². The highest BCUT2D eigenvalue weighted by Crippen LogP contribution is 2.41. The van der Waals surface area contributed by atoms with E-state index in [1.54, 1.807) is 11.3 Å². The van der Waals surface area contributed by atoms with Crippen LogP contribution in [0.25, 0.3) is 43.6 Å². The van der Waals surface area contributed by atoms with E-state index in [9.17, 15) is 0 Å². The molecule has 0 saturated heterocycles. The van der Waals surface area contributed by atoms with E-state index in [2.05, 4.69) is 46.8 Å². The molecule has 0 amide bonds. The number of hydrogen-bond acceptors (Lipinski definition) is 3. The normalized spacial score (nSPS) is 11.3. The second kappa shape index (κ2) is 5.32. The summed E-state index contributed by atoms with van der Waals surface area (Å²) in [5.41, 5.74) is 5.43. The van der Waals surface area contributed by atoms with Crippen molar-refractivity contribution in [3.8, 4) is 22.4 Å². The highest BCUT2D eigenvalue weighted by Gasteiger charge is 2.15. The standard InChI is InChI=1S/C21H13NOS/c1-2-6-14(7-3-1)18-12-15(10-11-22-18)17-13-24-21-20(17)16-8-4-5-9-19(16)23-21/h1-13H. The summed E-state index contributed by atoms with van der Waals surface area (Å²) < 4.78 is 5.97. The Morgan fingerprint density at radius 3 is 2.58 bits per heavy atom. The SMILES string of the molecule is c1ccc(-c2cc(-c3csc4oc5ccccc5c34)ccn2)cc1. The number of benzene rings is 2. The second-order valence-corrected chi connectivity index (χ2v) is 6.55. The van der Waals surface area contributed by atoms with Gasteiger partial charge in [-0.1, -0.05) is 48.5 Å². The molecule has 3 aromatic heterocycles. The first kappa shape index (κ1) is 13.5. The Balaban J connectivity index is 1.73. The number of para-hydroxylation sites is 1. The number of furan rings is 1. The van der Waals surface area contributed by atoms with Crippen LogP contribution in [0.15, 0.2) is 82.7 Å². The Bertz CT molecular complexity index is 1150. The quantitative estimate of drug-likeness (QED) is 0.376. The van der Waals surface area contributed by atoms with Crippen molar-refractivity contribution < 1.29 is 4.42 Å². The van der Waals surface area contributed by atoms with E-state index in [-0.39, 0.29) is 0 Å². The molecule has 0 spiro atoms. The molecule has 0 radical (unpaired) electrons. The zero-order chi connectivity index (χ0) is 15.9. The average Bonchev–Trinajstić information content (AvgIpc) is 3.22. The Labute approximate surface area is 143 Å². The molecular formula is C21H13NOS. The fraction of sp³-hybridized carbons (Fsp3) is 0. The first-order chi connectivity index (χ1) is 11.9. The molecule has 0 N–H and O–H groups in total. The first-order valence-electron chi connectivity index (χ1n) is 7.81. The number of aromatic nitrogens is 1. The fourth-order valence-electron chi connectivity index (χ4n) is 3.11. The number of rotatable bonds is 2. The van der Waals surface area contributed by atoms with E-state index in [0.29, 0.717) is 0 Å². The fourth-order valence-corrected chi connectivity index (χ4v) is 4.06. The van der Waals surface area contributed by atoms with Crippen molar-refractivity contribution in [2.45, 2.75) is 0 Å². The van der Waals surface area contributed by atoms with E-state index in [1.165, 1.54) is 21.9 Å². The lowest BCUT2D eigenvalue weighted by Gasteiger charge is -2.04. The Hall–Kier alpha value is -2.91. The third kappa shape index (κ3) is 2.06. The summed E-state index contributed by atoms with van der Waals surface area (Å²) in [6.45, 7) is 0. The van der Waals surface area contributed by atoms with Gasteiger partial charge in [-0.15, -0.1) is 11.3 Å². The van der Waals surface area contributed by atoms with Gasteiger partial charge in [0.2, 0.25) is 0 Å². The molecule has 24 heavy (non-hydrogen) atoms. The van der Waals surface area contributed by atoms with Gasteiger partial charge in [0.15, 0.2) is 4.90 Å². The predicted octanol–water partition coefficient (Wildman–Crippen LogP) is 6.38. The number of pyridine rings is 1. The number of fused-ring (bicyclic) bond motifs is 3. The van der Waals surface area contributed by atoms with Gasteiger partial charge in [0, 0.05) is 33.5 Å². The van der Waals surface area contributed by atoms with Crippen molar-refractivity contribution in [2.24, 2.45) is 0 Å². The molecule has 3 heteroatoms. The van der Waals surface area contributed by atoms with Gasteiger partial charge in [0.25, 0.3) is 0 Å². The Morgan fingerprint density at radius 2 is 1.67 bits per heavy atom. The van der Waals surface area contributed by atoms with Crippen molar-refractivity contribution >= 4 is 32.6 Å². The van der Waals surface area contributed by atoms with E-state index in [1.807, 2.05) is 36.5 Å². The van der Waals surface area contributed by atoms with Crippen molar-refractivity contribution in [2.75, 3.05) is 0 Å². The molecule has 0 fully saturated rings. The maximum absolute atomic E-state index is 5.97. The van der Waals surface area contributed by atoms with Crippen molar-refractivity contribution in [1.29, 1.82) is 0 Å². The molecule has 0 aliphatic heterocycles. The summed E-state index contributed by atoms with van der Waals surface area (Å²) in [6.07, 6.45) is 1.88. The van der Waals surface area contributed by atoms with Gasteiger partial charge in [-0.05, 0) is 23.8 Å². The molecule has 0 saturated carbocycles. The average molecular weight is 327 g/mol. The summed E-state index contributed by atoms with van der Waals surface area (Å²) in [4.78, 5) is 5.51. The lowest BCUT2D eigenvalue weighted by atomic mass is 10.0. The molecule has 5 aromatic rings. The predicted molar refractivity (Wildman–Crippen MR) is 100 cm³/mol. The first-order valence-corrected chi connectivity index (χ1v) is 8.69. The van der Waals surface area contributed by atoms with Crippen LogP contribution < -0.4 is 0 Å². The van der Waals surface area contributed by atoms with Crippen LogP contribution in [0.4, 0.5) is 0 Å². The molecular weight excluding hydrogens is 314 g/mol. The minimum atomic E-state index is 0.943. The highest BCUT2D eigenvalue weighted by molar-refractivity contribution is 7.17. The van der Waals surface area contributed by atoms with Gasteiger partial charge in [-0.2, -0.15) is 0 Å². The van der Waals surface area contributed by atoms with Gasteiger partial charge in [0.1, 0.15) is 5.58 Å². The molecule has 114 valence electrons. The van der Waals surface area contributed by atoms with E-state index in [0.717, 1.165) is 21.7 Å². The van der Waals surface area contributed by atoms with Crippen LogP contribution in [0.2, 0.25) is 0 Å². The Kier molecular flexibility index (Phi) is 3.00. The summed E-state index contributed by atoms with van der Waals surface area (Å²) in [6, 6.07) is 22.7. The van der Waals surface area contributed by atoms with Gasteiger partial charge < -0.3 is 4.42 Å². The van der Waals surface area contributed by atoms with E-state index in [4.69, 9.17) is 4.42 Å². The molecule has 0 aliphatic rings. The van der Waals surface area contributed by atoms with Gasteiger partial charge >= 0.3 is 0 Å². The molecule has 0 aliphatic carbocycles. The molecule has 0 bridgehead atoms. The zero-order valence-electron chi connectivity index (χ0n) is 12.8. The van der Waals surface area contributed by atoms with Crippen LogP contribution in [0.3, 0.4) is 0 Å². The summed E-state index contributed by atoms with van der Waals surface area (Å²) in [5, 5.41) is 4.53. The highest BCUT2D eigenvalue weighted by atomic mass is 32.1. The van der Waals surface area contributed by atoms with Crippen LogP contribution in [0.5, 0.6) is 0 Å². The molecule has 0 atom stereocenters. The van der Waals surface area contributed by atoms with Crippen LogP contribution in [0.1, 0.15) is 0 Å². The number of hydrogen-bond donors (Lipinski definition) is 0.